The second-order valence-electron chi connectivity index (χ2n) is 5.50. The van der Waals surface area contributed by atoms with E-state index in [0.717, 1.165) is 6.07 Å². The summed E-state index contributed by atoms with van der Waals surface area (Å²) >= 11 is 0. The van der Waals surface area contributed by atoms with E-state index >= 15 is 0 Å². The van der Waals surface area contributed by atoms with Crippen molar-refractivity contribution in [2.24, 2.45) is 0 Å². The first-order valence-electron chi connectivity index (χ1n) is 7.39. The topological polar surface area (TPSA) is 72.2 Å². The number of hydrogen-bond donors (Lipinski definition) is 1. The largest absolute Gasteiger partial charge is 0.417 e. The van der Waals surface area contributed by atoms with Gasteiger partial charge in [0.25, 0.3) is 10.0 Å². The monoisotopic (exact) mass is 382 g/mol. The molecule has 136 valence electrons. The number of anilines is 1. The summed E-state index contributed by atoms with van der Waals surface area (Å²) in [5.41, 5.74) is -0.551. The predicted molar refractivity (Wildman–Crippen MR) is 88.9 cm³/mol. The molecule has 0 aliphatic rings. The SMILES string of the molecule is Cc1cc(NS(=O)(=O)c2ccc(-c3ccccc3C(F)(F)F)cc2)no1. The molecule has 1 heterocycles. The molecule has 0 fully saturated rings. The first-order chi connectivity index (χ1) is 12.2. The average molecular weight is 382 g/mol. The van der Waals surface area contributed by atoms with E-state index in [1.165, 1.54) is 48.5 Å². The van der Waals surface area contributed by atoms with Crippen molar-refractivity contribution in [2.45, 2.75) is 18.0 Å². The number of aryl methyl sites for hydroxylation is 1. The van der Waals surface area contributed by atoms with Crippen molar-refractivity contribution in [3.8, 4) is 11.1 Å². The van der Waals surface area contributed by atoms with Crippen LogP contribution in [0.1, 0.15) is 11.3 Å². The molecule has 0 amide bonds. The number of rotatable bonds is 4. The Balaban J connectivity index is 1.92. The lowest BCUT2D eigenvalue weighted by molar-refractivity contribution is -0.137. The summed E-state index contributed by atoms with van der Waals surface area (Å²) in [6.07, 6.45) is -4.51. The Hall–Kier alpha value is -2.81. The minimum absolute atomic E-state index is 0.0222. The van der Waals surface area contributed by atoms with Crippen LogP contribution in [-0.4, -0.2) is 13.6 Å². The number of nitrogens with zero attached hydrogens (tertiary/aromatic N) is 1. The Morgan fingerprint density at radius 2 is 1.69 bits per heavy atom. The average Bonchev–Trinajstić information content (AvgIpc) is 2.98. The van der Waals surface area contributed by atoms with Crippen LogP contribution in [0.15, 0.2) is 64.0 Å². The van der Waals surface area contributed by atoms with Gasteiger partial charge in [0.05, 0.1) is 10.5 Å². The van der Waals surface area contributed by atoms with Crippen LogP contribution >= 0.6 is 0 Å². The highest BCUT2D eigenvalue weighted by atomic mass is 32.2. The van der Waals surface area contributed by atoms with Crippen LogP contribution in [0, 0.1) is 6.92 Å². The molecule has 0 spiro atoms. The van der Waals surface area contributed by atoms with Gasteiger partial charge in [-0.25, -0.2) is 8.42 Å². The van der Waals surface area contributed by atoms with Crippen LogP contribution in [0.25, 0.3) is 11.1 Å². The molecule has 26 heavy (non-hydrogen) atoms. The highest BCUT2D eigenvalue weighted by Gasteiger charge is 2.33. The minimum atomic E-state index is -4.51. The molecule has 0 unspecified atom stereocenters. The molecular weight excluding hydrogens is 369 g/mol. The molecule has 0 bridgehead atoms. The van der Waals surface area contributed by atoms with Gasteiger partial charge in [-0.15, -0.1) is 0 Å². The van der Waals surface area contributed by atoms with E-state index in [1.807, 2.05) is 0 Å². The van der Waals surface area contributed by atoms with Gasteiger partial charge in [-0.2, -0.15) is 13.2 Å². The Morgan fingerprint density at radius 1 is 1.04 bits per heavy atom. The van der Waals surface area contributed by atoms with Gasteiger partial charge < -0.3 is 4.52 Å². The first kappa shape index (κ1) is 18.0. The van der Waals surface area contributed by atoms with Gasteiger partial charge in [-0.1, -0.05) is 35.5 Å². The van der Waals surface area contributed by atoms with Crippen LogP contribution in [0.4, 0.5) is 19.0 Å². The Bertz CT molecular complexity index is 1030. The Kier molecular flexibility index (Phi) is 4.49. The van der Waals surface area contributed by atoms with Crippen molar-refractivity contribution >= 4 is 15.8 Å². The number of sulfonamides is 1. The van der Waals surface area contributed by atoms with Gasteiger partial charge >= 0.3 is 6.18 Å². The van der Waals surface area contributed by atoms with E-state index in [2.05, 4.69) is 9.88 Å². The van der Waals surface area contributed by atoms with E-state index in [0.29, 0.717) is 5.76 Å². The summed E-state index contributed by atoms with van der Waals surface area (Å²) in [7, 11) is -3.93. The smallest absolute Gasteiger partial charge is 0.360 e. The molecule has 0 radical (unpaired) electrons. The number of benzene rings is 2. The normalized spacial score (nSPS) is 12.2. The number of aromatic nitrogens is 1. The number of hydrogen-bond acceptors (Lipinski definition) is 4. The lowest BCUT2D eigenvalue weighted by Gasteiger charge is -2.13. The van der Waals surface area contributed by atoms with Gasteiger partial charge in [0.2, 0.25) is 0 Å². The van der Waals surface area contributed by atoms with Crippen molar-refractivity contribution in [3.63, 3.8) is 0 Å². The number of halogens is 3. The van der Waals surface area contributed by atoms with Gasteiger partial charge in [-0.3, -0.25) is 4.72 Å². The van der Waals surface area contributed by atoms with Crippen LogP contribution in [0.5, 0.6) is 0 Å². The Morgan fingerprint density at radius 3 is 2.27 bits per heavy atom. The maximum Gasteiger partial charge on any atom is 0.417 e. The second-order valence-corrected chi connectivity index (χ2v) is 7.18. The highest BCUT2D eigenvalue weighted by Crippen LogP contribution is 2.37. The van der Waals surface area contributed by atoms with Crippen LogP contribution in [-0.2, 0) is 16.2 Å². The van der Waals surface area contributed by atoms with Crippen LogP contribution < -0.4 is 4.72 Å². The second kappa shape index (κ2) is 6.49. The van der Waals surface area contributed by atoms with Crippen LogP contribution in [0.2, 0.25) is 0 Å². The summed E-state index contributed by atoms with van der Waals surface area (Å²) in [5, 5.41) is 3.54. The van der Waals surface area contributed by atoms with Crippen molar-refractivity contribution in [1.82, 2.24) is 5.16 Å². The predicted octanol–water partition coefficient (Wildman–Crippen LogP) is 4.47. The fourth-order valence-corrected chi connectivity index (χ4v) is 3.39. The minimum Gasteiger partial charge on any atom is -0.360 e. The molecule has 3 aromatic rings. The van der Waals surface area contributed by atoms with Gasteiger partial charge in [0.1, 0.15) is 5.76 Å². The zero-order chi connectivity index (χ0) is 18.9. The quantitative estimate of drug-likeness (QED) is 0.723. The summed E-state index contributed by atoms with van der Waals surface area (Å²) in [6.45, 7) is 1.61. The zero-order valence-corrected chi connectivity index (χ0v) is 14.2. The molecule has 3 rings (SSSR count). The third-order valence-corrected chi connectivity index (χ3v) is 4.95. The third-order valence-electron chi connectivity index (χ3n) is 3.57. The molecule has 0 aliphatic heterocycles. The molecule has 5 nitrogen and oxygen atoms in total. The molecule has 0 saturated heterocycles. The fourth-order valence-electron chi connectivity index (χ4n) is 2.41. The lowest BCUT2D eigenvalue weighted by atomic mass is 9.99. The summed E-state index contributed by atoms with van der Waals surface area (Å²) in [6, 6.07) is 11.6. The molecule has 9 heteroatoms. The number of alkyl halides is 3. The van der Waals surface area contributed by atoms with Gasteiger partial charge in [0, 0.05) is 6.07 Å². The highest BCUT2D eigenvalue weighted by molar-refractivity contribution is 7.92. The molecule has 0 saturated carbocycles. The van der Waals surface area contributed by atoms with Gasteiger partial charge in [-0.05, 0) is 36.2 Å². The molecule has 1 aromatic heterocycles. The first-order valence-corrected chi connectivity index (χ1v) is 8.88. The molecule has 0 atom stereocenters. The lowest BCUT2D eigenvalue weighted by Crippen LogP contribution is -2.13. The third kappa shape index (κ3) is 3.72. The van der Waals surface area contributed by atoms with Gasteiger partial charge in [0.15, 0.2) is 5.82 Å². The maximum atomic E-state index is 13.1. The molecule has 2 aromatic carbocycles. The molecule has 0 aliphatic carbocycles. The zero-order valence-electron chi connectivity index (χ0n) is 13.4. The maximum absolute atomic E-state index is 13.1. The molecule has 1 N–H and O–H groups in total. The Labute approximate surface area is 147 Å². The van der Waals surface area contributed by atoms with Crippen molar-refractivity contribution in [1.29, 1.82) is 0 Å². The summed E-state index contributed by atoms with van der Waals surface area (Å²) in [5.74, 6) is 0.454. The van der Waals surface area contributed by atoms with E-state index < -0.39 is 21.8 Å². The van der Waals surface area contributed by atoms with E-state index in [9.17, 15) is 21.6 Å². The van der Waals surface area contributed by atoms with Crippen molar-refractivity contribution < 1.29 is 26.1 Å². The van der Waals surface area contributed by atoms with Crippen molar-refractivity contribution in [2.75, 3.05) is 4.72 Å². The van der Waals surface area contributed by atoms with E-state index in [-0.39, 0.29) is 21.8 Å². The van der Waals surface area contributed by atoms with E-state index in [1.54, 1.807) is 6.92 Å². The summed E-state index contributed by atoms with van der Waals surface area (Å²) in [4.78, 5) is -0.105. The fraction of sp³-hybridized carbons (Fsp3) is 0.118. The summed E-state index contributed by atoms with van der Waals surface area (Å²) < 4.78 is 71.0. The van der Waals surface area contributed by atoms with Crippen LogP contribution in [0.3, 0.4) is 0 Å². The van der Waals surface area contributed by atoms with E-state index in [4.69, 9.17) is 4.52 Å². The molecular formula is C17H13F3N2O3S. The number of nitrogens with one attached hydrogen (secondary N) is 1. The standard InChI is InChI=1S/C17H13F3N2O3S/c1-11-10-16(21-25-11)22-26(23,24)13-8-6-12(7-9-13)14-4-2-3-5-15(14)17(18,19)20/h2-10H,1H3,(H,21,22). The van der Waals surface area contributed by atoms with Crippen molar-refractivity contribution in [3.05, 3.63) is 65.9 Å².